The molecule has 1 saturated heterocycles. The highest BCUT2D eigenvalue weighted by Crippen LogP contribution is 2.39. The Bertz CT molecular complexity index is 1320. The number of fused-ring (bicyclic) bond motifs is 3. The molecule has 3 heterocycles. The Morgan fingerprint density at radius 2 is 1.74 bits per heavy atom. The first-order valence-corrected chi connectivity index (χ1v) is 12.8. The van der Waals surface area contributed by atoms with Crippen molar-refractivity contribution in [3.8, 4) is 17.1 Å². The van der Waals surface area contributed by atoms with Gasteiger partial charge in [-0.25, -0.2) is 5.43 Å². The molecular weight excluding hydrogens is 480 g/mol. The fourth-order valence-corrected chi connectivity index (χ4v) is 5.30. The summed E-state index contributed by atoms with van der Waals surface area (Å²) in [6.45, 7) is 0.741. The van der Waals surface area contributed by atoms with E-state index < -0.39 is 0 Å². The van der Waals surface area contributed by atoms with Crippen molar-refractivity contribution >= 4 is 29.1 Å². The Hall–Kier alpha value is -3.17. The van der Waals surface area contributed by atoms with Crippen LogP contribution >= 0.6 is 23.4 Å². The highest BCUT2D eigenvalue weighted by Gasteiger charge is 2.38. The molecule has 9 heteroatoms. The van der Waals surface area contributed by atoms with E-state index in [1.807, 2.05) is 54.6 Å². The Labute approximate surface area is 212 Å². The molecule has 0 radical (unpaired) electrons. The van der Waals surface area contributed by atoms with Gasteiger partial charge in [-0.05, 0) is 29.3 Å². The fourth-order valence-electron chi connectivity index (χ4n) is 4.44. The molecule has 2 aliphatic rings. The van der Waals surface area contributed by atoms with E-state index in [9.17, 15) is 0 Å². The normalized spacial score (nSPS) is 20.8. The van der Waals surface area contributed by atoms with E-state index >= 15 is 0 Å². The van der Waals surface area contributed by atoms with Gasteiger partial charge in [0.25, 0.3) is 0 Å². The third-order valence-electron chi connectivity index (χ3n) is 6.21. The first-order valence-electron chi connectivity index (χ1n) is 11.4. The summed E-state index contributed by atoms with van der Waals surface area (Å²) in [6.07, 6.45) is -0.323. The van der Waals surface area contributed by atoms with Crippen molar-refractivity contribution < 1.29 is 4.74 Å². The second-order valence-corrected chi connectivity index (χ2v) is 9.85. The molecule has 1 fully saturated rings. The van der Waals surface area contributed by atoms with Crippen LogP contribution in [-0.2, 0) is 5.75 Å². The molecule has 3 unspecified atom stereocenters. The zero-order chi connectivity index (χ0) is 23.6. The molecular formula is C26H23ClN6OS. The van der Waals surface area contributed by atoms with Crippen molar-refractivity contribution in [2.75, 3.05) is 11.9 Å². The average Bonchev–Trinajstić information content (AvgIpc) is 3.33. The number of nitrogens with one attached hydrogen (secondary N) is 3. The summed E-state index contributed by atoms with van der Waals surface area (Å²) in [5.41, 5.74) is 11.6. The summed E-state index contributed by atoms with van der Waals surface area (Å²) in [5.74, 6) is 1.30. The standard InChI is InChI=1S/C26H23ClN6OS/c27-18-12-10-16(11-13-18)15-35-26-30-25-23(32-33-26)19-8-4-5-9-21(19)29-24(34-25)20-14-28-31-22(20)17-6-2-1-3-7-17/h1-13,20,22,24,28-29,31H,14-15H2. The number of hydrogen-bond donors (Lipinski definition) is 3. The second-order valence-electron chi connectivity index (χ2n) is 8.47. The Kier molecular flexibility index (Phi) is 6.26. The predicted octanol–water partition coefficient (Wildman–Crippen LogP) is 5.08. The van der Waals surface area contributed by atoms with Crippen LogP contribution in [0, 0.1) is 5.92 Å². The molecule has 0 bridgehead atoms. The number of hydrazine groups is 1. The number of ether oxygens (including phenoxy) is 1. The monoisotopic (exact) mass is 502 g/mol. The quantitative estimate of drug-likeness (QED) is 0.326. The van der Waals surface area contributed by atoms with Crippen LogP contribution in [0.25, 0.3) is 11.3 Å². The molecule has 7 nitrogen and oxygen atoms in total. The van der Waals surface area contributed by atoms with E-state index in [4.69, 9.17) is 21.3 Å². The summed E-state index contributed by atoms with van der Waals surface area (Å²) in [7, 11) is 0. The Morgan fingerprint density at radius 3 is 2.60 bits per heavy atom. The first kappa shape index (κ1) is 22.3. The summed E-state index contributed by atoms with van der Waals surface area (Å²) < 4.78 is 6.55. The zero-order valence-electron chi connectivity index (χ0n) is 18.7. The summed E-state index contributed by atoms with van der Waals surface area (Å²) >= 11 is 7.53. The molecule has 0 spiro atoms. The third-order valence-corrected chi connectivity index (χ3v) is 7.37. The smallest absolute Gasteiger partial charge is 0.247 e. The predicted molar refractivity (Wildman–Crippen MR) is 138 cm³/mol. The number of anilines is 1. The fraction of sp³-hybridized carbons (Fsp3) is 0.192. The van der Waals surface area contributed by atoms with Crippen molar-refractivity contribution in [1.82, 2.24) is 26.0 Å². The SMILES string of the molecule is Clc1ccc(CSc2nnc3c(n2)OC(C2CNNC2c2ccccc2)Nc2ccccc2-3)cc1. The topological polar surface area (TPSA) is 84.0 Å². The molecule has 0 amide bonds. The molecule has 1 aromatic heterocycles. The maximum atomic E-state index is 6.55. The largest absolute Gasteiger partial charge is 0.452 e. The molecule has 3 N–H and O–H groups in total. The lowest BCUT2D eigenvalue weighted by Gasteiger charge is -2.28. The minimum absolute atomic E-state index is 0.0796. The molecule has 176 valence electrons. The highest BCUT2D eigenvalue weighted by molar-refractivity contribution is 7.98. The van der Waals surface area contributed by atoms with E-state index in [2.05, 4.69) is 50.6 Å². The Morgan fingerprint density at radius 1 is 0.943 bits per heavy atom. The van der Waals surface area contributed by atoms with Crippen molar-refractivity contribution in [3.63, 3.8) is 0 Å². The van der Waals surface area contributed by atoms with Crippen molar-refractivity contribution in [1.29, 1.82) is 0 Å². The van der Waals surface area contributed by atoms with Gasteiger partial charge in [-0.2, -0.15) is 4.98 Å². The van der Waals surface area contributed by atoms with Gasteiger partial charge in [0.15, 0.2) is 11.9 Å². The Balaban J connectivity index is 1.31. The van der Waals surface area contributed by atoms with E-state index in [-0.39, 0.29) is 18.2 Å². The van der Waals surface area contributed by atoms with Gasteiger partial charge in [0.2, 0.25) is 11.0 Å². The molecule has 3 aromatic carbocycles. The van der Waals surface area contributed by atoms with Crippen LogP contribution in [0.3, 0.4) is 0 Å². The zero-order valence-corrected chi connectivity index (χ0v) is 20.3. The summed E-state index contributed by atoms with van der Waals surface area (Å²) in [5, 5.41) is 13.8. The minimum Gasteiger partial charge on any atom is -0.452 e. The number of hydrogen-bond acceptors (Lipinski definition) is 8. The van der Waals surface area contributed by atoms with Crippen LogP contribution in [-0.4, -0.2) is 28.0 Å². The molecule has 35 heavy (non-hydrogen) atoms. The molecule has 2 aliphatic heterocycles. The molecule has 0 saturated carbocycles. The lowest BCUT2D eigenvalue weighted by Crippen LogP contribution is -2.38. The van der Waals surface area contributed by atoms with Crippen molar-refractivity contribution in [3.05, 3.63) is 95.0 Å². The van der Waals surface area contributed by atoms with Gasteiger partial charge < -0.3 is 10.1 Å². The number of nitrogens with zero attached hydrogens (tertiary/aromatic N) is 3. The van der Waals surface area contributed by atoms with Crippen LogP contribution in [0.15, 0.2) is 84.0 Å². The molecule has 6 rings (SSSR count). The van der Waals surface area contributed by atoms with E-state index in [1.54, 1.807) is 0 Å². The molecule has 4 aromatic rings. The van der Waals surface area contributed by atoms with Crippen LogP contribution in [0.2, 0.25) is 5.02 Å². The third kappa shape index (κ3) is 4.70. The molecule has 3 atom stereocenters. The van der Waals surface area contributed by atoms with Crippen molar-refractivity contribution in [2.45, 2.75) is 23.2 Å². The van der Waals surface area contributed by atoms with E-state index in [0.717, 1.165) is 28.4 Å². The van der Waals surface area contributed by atoms with Crippen LogP contribution in [0.4, 0.5) is 5.69 Å². The summed E-state index contributed by atoms with van der Waals surface area (Å²) in [6, 6.07) is 26.3. The molecule has 0 aliphatic carbocycles. The first-order chi connectivity index (χ1) is 17.2. The van der Waals surface area contributed by atoms with Crippen molar-refractivity contribution in [2.24, 2.45) is 5.92 Å². The highest BCUT2D eigenvalue weighted by atomic mass is 35.5. The van der Waals surface area contributed by atoms with Gasteiger partial charge >= 0.3 is 0 Å². The van der Waals surface area contributed by atoms with Gasteiger partial charge in [-0.1, -0.05) is 84.0 Å². The van der Waals surface area contributed by atoms with Gasteiger partial charge in [-0.15, -0.1) is 10.2 Å². The average molecular weight is 503 g/mol. The maximum absolute atomic E-state index is 6.55. The number of aromatic nitrogens is 3. The number of halogens is 1. The number of thioether (sulfide) groups is 1. The maximum Gasteiger partial charge on any atom is 0.247 e. The van der Waals surface area contributed by atoms with Gasteiger partial charge in [-0.3, -0.25) is 5.43 Å². The van der Waals surface area contributed by atoms with Gasteiger partial charge in [0.05, 0.1) is 6.04 Å². The van der Waals surface area contributed by atoms with Crippen LogP contribution < -0.4 is 20.9 Å². The summed E-state index contributed by atoms with van der Waals surface area (Å²) in [4.78, 5) is 4.78. The number of para-hydroxylation sites is 1. The number of rotatable bonds is 5. The van der Waals surface area contributed by atoms with Gasteiger partial charge in [0, 0.05) is 34.5 Å². The van der Waals surface area contributed by atoms with Crippen LogP contribution in [0.1, 0.15) is 17.2 Å². The second kappa shape index (κ2) is 9.83. The van der Waals surface area contributed by atoms with E-state index in [1.165, 1.54) is 17.3 Å². The van der Waals surface area contributed by atoms with E-state index in [0.29, 0.717) is 22.5 Å². The minimum atomic E-state index is -0.323. The number of benzene rings is 3. The van der Waals surface area contributed by atoms with Crippen LogP contribution in [0.5, 0.6) is 5.88 Å². The van der Waals surface area contributed by atoms with Gasteiger partial charge in [0.1, 0.15) is 0 Å². The lowest BCUT2D eigenvalue weighted by atomic mass is 9.93. The lowest BCUT2D eigenvalue weighted by molar-refractivity contribution is 0.150.